The van der Waals surface area contributed by atoms with Gasteiger partial charge < -0.3 is 9.64 Å². The molecule has 1 atom stereocenters. The molecule has 1 aliphatic rings. The first-order chi connectivity index (χ1) is 12.7. The van der Waals surface area contributed by atoms with Crippen molar-refractivity contribution in [2.24, 2.45) is 5.92 Å². The molecule has 148 valence electrons. The molecule has 0 bridgehead atoms. The normalized spacial score (nSPS) is 17.5. The SMILES string of the molecule is COC(=O)CCCC(=O)N1CCCC(C(=O)c2cccc(C(F)(F)F)c2)C1. The molecule has 0 aromatic heterocycles. The van der Waals surface area contributed by atoms with Crippen LogP contribution in [0.5, 0.6) is 0 Å². The number of likely N-dealkylation sites (tertiary alicyclic amines) is 1. The van der Waals surface area contributed by atoms with Gasteiger partial charge >= 0.3 is 12.1 Å². The molecule has 1 amide bonds. The molecule has 1 aromatic carbocycles. The average molecular weight is 385 g/mol. The van der Waals surface area contributed by atoms with E-state index in [2.05, 4.69) is 4.74 Å². The number of alkyl halides is 3. The Morgan fingerprint density at radius 3 is 2.63 bits per heavy atom. The van der Waals surface area contributed by atoms with Crippen LogP contribution in [-0.4, -0.2) is 42.8 Å². The van der Waals surface area contributed by atoms with E-state index in [1.807, 2.05) is 0 Å². The zero-order valence-electron chi connectivity index (χ0n) is 15.1. The third kappa shape index (κ3) is 5.80. The molecule has 5 nitrogen and oxygen atoms in total. The van der Waals surface area contributed by atoms with Crippen molar-refractivity contribution in [3.8, 4) is 0 Å². The van der Waals surface area contributed by atoms with Gasteiger partial charge in [-0.05, 0) is 31.4 Å². The Labute approximate surface area is 155 Å². The van der Waals surface area contributed by atoms with E-state index in [0.717, 1.165) is 12.1 Å². The van der Waals surface area contributed by atoms with Crippen LogP contribution in [0.15, 0.2) is 24.3 Å². The second kappa shape index (κ2) is 9.01. The molecule has 2 rings (SSSR count). The van der Waals surface area contributed by atoms with E-state index < -0.39 is 17.7 Å². The molecule has 0 radical (unpaired) electrons. The van der Waals surface area contributed by atoms with Crippen LogP contribution in [0.25, 0.3) is 0 Å². The van der Waals surface area contributed by atoms with E-state index in [0.29, 0.717) is 25.8 Å². The van der Waals surface area contributed by atoms with Gasteiger partial charge in [-0.3, -0.25) is 14.4 Å². The highest BCUT2D eigenvalue weighted by molar-refractivity contribution is 5.98. The number of halogens is 3. The van der Waals surface area contributed by atoms with Gasteiger partial charge in [-0.2, -0.15) is 13.2 Å². The number of methoxy groups -OCH3 is 1. The van der Waals surface area contributed by atoms with Gasteiger partial charge in [-0.25, -0.2) is 0 Å². The lowest BCUT2D eigenvalue weighted by Crippen LogP contribution is -2.42. The Balaban J connectivity index is 1.98. The number of piperidine rings is 1. The number of benzene rings is 1. The highest BCUT2D eigenvalue weighted by Crippen LogP contribution is 2.30. The first-order valence-corrected chi connectivity index (χ1v) is 8.78. The van der Waals surface area contributed by atoms with Crippen LogP contribution in [0, 0.1) is 5.92 Å². The Kier molecular flexibility index (Phi) is 6.98. The number of esters is 1. The smallest absolute Gasteiger partial charge is 0.416 e. The molecule has 0 spiro atoms. The second-order valence-electron chi connectivity index (χ2n) is 6.55. The van der Waals surface area contributed by atoms with Crippen LogP contribution in [0.2, 0.25) is 0 Å². The number of carbonyl (C=O) groups excluding carboxylic acids is 3. The Morgan fingerprint density at radius 2 is 1.96 bits per heavy atom. The summed E-state index contributed by atoms with van der Waals surface area (Å²) in [6.45, 7) is 0.690. The van der Waals surface area contributed by atoms with Gasteiger partial charge in [0.2, 0.25) is 5.91 Å². The lowest BCUT2D eigenvalue weighted by Gasteiger charge is -2.32. The fourth-order valence-corrected chi connectivity index (χ4v) is 3.15. The monoisotopic (exact) mass is 385 g/mol. The molecule has 1 aliphatic heterocycles. The highest BCUT2D eigenvalue weighted by atomic mass is 19.4. The molecule has 0 saturated carbocycles. The van der Waals surface area contributed by atoms with E-state index in [1.165, 1.54) is 19.2 Å². The van der Waals surface area contributed by atoms with Gasteiger partial charge in [0.15, 0.2) is 5.78 Å². The number of rotatable bonds is 6. The third-order valence-corrected chi connectivity index (χ3v) is 4.62. The van der Waals surface area contributed by atoms with Crippen LogP contribution < -0.4 is 0 Å². The molecular formula is C19H22F3NO4. The van der Waals surface area contributed by atoms with Crippen LogP contribution >= 0.6 is 0 Å². The molecule has 1 unspecified atom stereocenters. The molecule has 27 heavy (non-hydrogen) atoms. The van der Waals surface area contributed by atoms with Crippen molar-refractivity contribution in [3.63, 3.8) is 0 Å². The topological polar surface area (TPSA) is 63.7 Å². The van der Waals surface area contributed by atoms with Gasteiger partial charge in [0, 0.05) is 37.4 Å². The average Bonchev–Trinajstić information content (AvgIpc) is 2.66. The minimum atomic E-state index is -4.51. The fraction of sp³-hybridized carbons (Fsp3) is 0.526. The van der Waals surface area contributed by atoms with Crippen LogP contribution in [0.1, 0.15) is 48.0 Å². The van der Waals surface area contributed by atoms with Gasteiger partial charge in [0.1, 0.15) is 0 Å². The summed E-state index contributed by atoms with van der Waals surface area (Å²) in [6, 6.07) is 4.37. The van der Waals surface area contributed by atoms with Crippen molar-refractivity contribution in [3.05, 3.63) is 35.4 Å². The summed E-state index contributed by atoms with van der Waals surface area (Å²) in [4.78, 5) is 37.5. The molecule has 1 saturated heterocycles. The van der Waals surface area contributed by atoms with Gasteiger partial charge in [-0.1, -0.05) is 12.1 Å². The van der Waals surface area contributed by atoms with Crippen molar-refractivity contribution in [2.75, 3.05) is 20.2 Å². The Hall–Kier alpha value is -2.38. The maximum atomic E-state index is 12.8. The van der Waals surface area contributed by atoms with E-state index in [4.69, 9.17) is 0 Å². The summed E-state index contributed by atoms with van der Waals surface area (Å²) in [5.41, 5.74) is -0.852. The minimum Gasteiger partial charge on any atom is -0.469 e. The third-order valence-electron chi connectivity index (χ3n) is 4.62. The number of ether oxygens (including phenoxy) is 1. The minimum absolute atomic E-state index is 0.00909. The van der Waals surface area contributed by atoms with Crippen molar-refractivity contribution < 1.29 is 32.3 Å². The number of hydrogen-bond acceptors (Lipinski definition) is 4. The van der Waals surface area contributed by atoms with Crippen LogP contribution in [0.4, 0.5) is 13.2 Å². The van der Waals surface area contributed by atoms with Crippen LogP contribution in [-0.2, 0) is 20.5 Å². The number of carbonyl (C=O) groups is 3. The number of Topliss-reactive ketones (excluding diaryl/α,β-unsaturated/α-hetero) is 1. The molecule has 1 heterocycles. The van der Waals surface area contributed by atoms with Crippen molar-refractivity contribution >= 4 is 17.7 Å². The van der Waals surface area contributed by atoms with Crippen molar-refractivity contribution in [2.45, 2.75) is 38.3 Å². The summed E-state index contributed by atoms with van der Waals surface area (Å²) >= 11 is 0. The van der Waals surface area contributed by atoms with Gasteiger partial charge in [-0.15, -0.1) is 0 Å². The Bertz CT molecular complexity index is 702. The quantitative estimate of drug-likeness (QED) is 0.556. The summed E-state index contributed by atoms with van der Waals surface area (Å²) in [6.07, 6.45) is -2.71. The first-order valence-electron chi connectivity index (χ1n) is 8.78. The molecule has 1 aromatic rings. The number of hydrogen-bond donors (Lipinski definition) is 0. The molecule has 0 aliphatic carbocycles. The largest absolute Gasteiger partial charge is 0.469 e. The number of ketones is 1. The van der Waals surface area contributed by atoms with E-state index in [-0.39, 0.29) is 42.6 Å². The number of amides is 1. The lowest BCUT2D eigenvalue weighted by molar-refractivity contribution is -0.141. The van der Waals surface area contributed by atoms with Crippen LogP contribution in [0.3, 0.4) is 0 Å². The highest BCUT2D eigenvalue weighted by Gasteiger charge is 2.33. The van der Waals surface area contributed by atoms with E-state index >= 15 is 0 Å². The maximum Gasteiger partial charge on any atom is 0.416 e. The molecule has 0 N–H and O–H groups in total. The molecule has 1 fully saturated rings. The van der Waals surface area contributed by atoms with Crippen molar-refractivity contribution in [1.82, 2.24) is 4.90 Å². The zero-order chi connectivity index (χ0) is 20.0. The lowest BCUT2D eigenvalue weighted by atomic mass is 9.89. The molecule has 8 heteroatoms. The molecular weight excluding hydrogens is 363 g/mol. The first kappa shape index (κ1) is 20.9. The van der Waals surface area contributed by atoms with E-state index in [9.17, 15) is 27.6 Å². The van der Waals surface area contributed by atoms with Crippen molar-refractivity contribution in [1.29, 1.82) is 0 Å². The predicted molar refractivity (Wildman–Crippen MR) is 90.9 cm³/mol. The standard InChI is InChI=1S/C19H22F3NO4/c1-27-17(25)9-3-8-16(24)23-10-4-6-14(12-23)18(26)13-5-2-7-15(11-13)19(20,21)22/h2,5,7,11,14H,3-4,6,8-10,12H2,1H3. The van der Waals surface area contributed by atoms with E-state index in [1.54, 1.807) is 4.90 Å². The number of nitrogens with zero attached hydrogens (tertiary/aromatic N) is 1. The second-order valence-corrected chi connectivity index (χ2v) is 6.55. The summed E-state index contributed by atoms with van der Waals surface area (Å²) < 4.78 is 43.1. The summed E-state index contributed by atoms with van der Waals surface area (Å²) in [5, 5.41) is 0. The zero-order valence-corrected chi connectivity index (χ0v) is 15.1. The summed E-state index contributed by atoms with van der Waals surface area (Å²) in [5.74, 6) is -1.46. The van der Waals surface area contributed by atoms with Gasteiger partial charge in [0.05, 0.1) is 12.7 Å². The summed E-state index contributed by atoms with van der Waals surface area (Å²) in [7, 11) is 1.28. The maximum absolute atomic E-state index is 12.8. The predicted octanol–water partition coefficient (Wildman–Crippen LogP) is 3.47. The Morgan fingerprint density at radius 1 is 1.22 bits per heavy atom. The fourth-order valence-electron chi connectivity index (χ4n) is 3.15. The van der Waals surface area contributed by atoms with Gasteiger partial charge in [0.25, 0.3) is 0 Å².